The second-order valence-corrected chi connectivity index (χ2v) is 7.44. The number of aryl methyl sites for hydroxylation is 1. The minimum absolute atomic E-state index is 0.0784. The van der Waals surface area contributed by atoms with Crippen molar-refractivity contribution in [1.29, 1.82) is 0 Å². The highest BCUT2D eigenvalue weighted by molar-refractivity contribution is 5.95. The average molecular weight is 435 g/mol. The topological polar surface area (TPSA) is 72.4 Å². The molecule has 0 bridgehead atoms. The summed E-state index contributed by atoms with van der Waals surface area (Å²) in [7, 11) is 3.12. The van der Waals surface area contributed by atoms with Crippen LogP contribution in [-0.2, 0) is 11.2 Å². The third-order valence-electron chi connectivity index (χ3n) is 5.41. The Morgan fingerprint density at radius 3 is 2.44 bits per heavy atom. The second-order valence-electron chi connectivity index (χ2n) is 7.44. The first-order chi connectivity index (χ1) is 15.3. The lowest BCUT2D eigenvalue weighted by atomic mass is 9.99. The van der Waals surface area contributed by atoms with Gasteiger partial charge in [-0.15, -0.1) is 0 Å². The van der Waals surface area contributed by atoms with Crippen molar-refractivity contribution in [2.24, 2.45) is 0 Å². The van der Waals surface area contributed by atoms with Crippen LogP contribution in [0.5, 0.6) is 5.88 Å². The van der Waals surface area contributed by atoms with E-state index in [0.29, 0.717) is 47.5 Å². The molecule has 6 nitrogen and oxygen atoms in total. The van der Waals surface area contributed by atoms with Crippen LogP contribution in [0.2, 0.25) is 0 Å². The number of halogens is 1. The Bertz CT molecular complexity index is 1110. The second kappa shape index (κ2) is 10.1. The van der Waals surface area contributed by atoms with Gasteiger partial charge in [0.2, 0.25) is 11.8 Å². The van der Waals surface area contributed by atoms with Crippen LogP contribution in [0.3, 0.4) is 0 Å². The molecular weight excluding hydrogens is 409 g/mol. The number of ether oxygens (including phenoxy) is 1. The van der Waals surface area contributed by atoms with E-state index in [9.17, 15) is 14.0 Å². The molecule has 0 aliphatic rings. The van der Waals surface area contributed by atoms with Gasteiger partial charge in [0.1, 0.15) is 11.5 Å². The van der Waals surface area contributed by atoms with Crippen LogP contribution in [0.4, 0.5) is 10.1 Å². The zero-order valence-electron chi connectivity index (χ0n) is 18.7. The molecule has 1 aromatic carbocycles. The maximum Gasteiger partial charge on any atom is 0.226 e. The summed E-state index contributed by atoms with van der Waals surface area (Å²) in [4.78, 5) is 34.2. The quantitative estimate of drug-likeness (QED) is 0.476. The number of aromatic nitrogens is 2. The SMILES string of the molecule is CCC(=O)N(C)c1ccc(-c2ccc(C(=O)CCc3ccc(OC)nc3)nc2)c(C)c1F. The van der Waals surface area contributed by atoms with E-state index in [1.165, 1.54) is 4.90 Å². The van der Waals surface area contributed by atoms with E-state index in [0.717, 1.165) is 5.56 Å². The Kier molecular flexibility index (Phi) is 7.30. The molecule has 0 spiro atoms. The Balaban J connectivity index is 1.72. The van der Waals surface area contributed by atoms with Gasteiger partial charge in [0.05, 0.1) is 12.8 Å². The molecule has 0 fully saturated rings. The number of Topliss-reactive ketones (excluding diaryl/α,β-unsaturated/α-hetero) is 1. The van der Waals surface area contributed by atoms with Crippen LogP contribution in [0.15, 0.2) is 48.8 Å². The minimum Gasteiger partial charge on any atom is -0.481 e. The predicted octanol–water partition coefficient (Wildman–Crippen LogP) is 4.79. The molecule has 0 saturated carbocycles. The lowest BCUT2D eigenvalue weighted by molar-refractivity contribution is -0.118. The van der Waals surface area contributed by atoms with E-state index < -0.39 is 5.82 Å². The lowest BCUT2D eigenvalue weighted by Gasteiger charge is -2.19. The van der Waals surface area contributed by atoms with E-state index in [2.05, 4.69) is 9.97 Å². The van der Waals surface area contributed by atoms with Crippen LogP contribution in [0.25, 0.3) is 11.1 Å². The Labute approximate surface area is 187 Å². The summed E-state index contributed by atoms with van der Waals surface area (Å²) in [6.07, 6.45) is 4.42. The number of carbonyl (C=O) groups excluding carboxylic acids is 2. The molecule has 3 rings (SSSR count). The maximum absolute atomic E-state index is 14.9. The molecule has 1 amide bonds. The molecule has 2 aromatic heterocycles. The van der Waals surface area contributed by atoms with E-state index in [4.69, 9.17) is 4.74 Å². The van der Waals surface area contributed by atoms with Gasteiger partial charge >= 0.3 is 0 Å². The number of methoxy groups -OCH3 is 1. The summed E-state index contributed by atoms with van der Waals surface area (Å²) in [5.41, 5.74) is 3.33. The van der Waals surface area contributed by atoms with Crippen molar-refractivity contribution in [3.63, 3.8) is 0 Å². The fourth-order valence-electron chi connectivity index (χ4n) is 3.40. The third-order valence-corrected chi connectivity index (χ3v) is 5.41. The van der Waals surface area contributed by atoms with Gasteiger partial charge in [-0.3, -0.25) is 14.6 Å². The first-order valence-corrected chi connectivity index (χ1v) is 10.4. The molecule has 32 heavy (non-hydrogen) atoms. The molecule has 0 N–H and O–H groups in total. The fourth-order valence-corrected chi connectivity index (χ4v) is 3.40. The van der Waals surface area contributed by atoms with Crippen LogP contribution in [0.1, 0.15) is 41.4 Å². The van der Waals surface area contributed by atoms with Crippen molar-refractivity contribution in [3.05, 3.63) is 71.4 Å². The highest BCUT2D eigenvalue weighted by atomic mass is 19.1. The van der Waals surface area contributed by atoms with E-state index in [1.807, 2.05) is 6.07 Å². The molecular formula is C25H26FN3O3. The molecule has 0 aliphatic heterocycles. The fraction of sp³-hybridized carbons (Fsp3) is 0.280. The average Bonchev–Trinajstić information content (AvgIpc) is 2.83. The Morgan fingerprint density at radius 2 is 1.84 bits per heavy atom. The highest BCUT2D eigenvalue weighted by Gasteiger charge is 2.18. The lowest BCUT2D eigenvalue weighted by Crippen LogP contribution is -2.26. The number of pyridine rings is 2. The number of anilines is 1. The number of hydrogen-bond acceptors (Lipinski definition) is 5. The van der Waals surface area contributed by atoms with Crippen molar-refractivity contribution in [2.45, 2.75) is 33.1 Å². The van der Waals surface area contributed by atoms with E-state index in [-0.39, 0.29) is 17.4 Å². The summed E-state index contributed by atoms with van der Waals surface area (Å²) in [6, 6.07) is 10.4. The largest absolute Gasteiger partial charge is 0.481 e. The van der Waals surface area contributed by atoms with E-state index >= 15 is 0 Å². The summed E-state index contributed by atoms with van der Waals surface area (Å²) in [5.74, 6) is -0.155. The van der Waals surface area contributed by atoms with Gasteiger partial charge in [-0.2, -0.15) is 0 Å². The van der Waals surface area contributed by atoms with Crippen molar-refractivity contribution in [2.75, 3.05) is 19.1 Å². The van der Waals surface area contributed by atoms with Gasteiger partial charge in [0, 0.05) is 43.9 Å². The number of carbonyl (C=O) groups is 2. The summed E-state index contributed by atoms with van der Waals surface area (Å²) >= 11 is 0. The van der Waals surface area contributed by atoms with Gasteiger partial charge in [-0.05, 0) is 42.2 Å². The Hall–Kier alpha value is -3.61. The van der Waals surface area contributed by atoms with Crippen LogP contribution in [-0.4, -0.2) is 35.8 Å². The number of hydrogen-bond donors (Lipinski definition) is 0. The molecule has 3 aromatic rings. The number of amides is 1. The van der Waals surface area contributed by atoms with Gasteiger partial charge in [-0.1, -0.05) is 25.1 Å². The first-order valence-electron chi connectivity index (χ1n) is 10.4. The highest BCUT2D eigenvalue weighted by Crippen LogP contribution is 2.31. The minimum atomic E-state index is -0.444. The monoisotopic (exact) mass is 435 g/mol. The molecule has 0 aliphatic carbocycles. The molecule has 0 saturated heterocycles. The molecule has 2 heterocycles. The van der Waals surface area contributed by atoms with Crippen LogP contribution >= 0.6 is 0 Å². The van der Waals surface area contributed by atoms with Crippen LogP contribution < -0.4 is 9.64 Å². The third kappa shape index (κ3) is 4.99. The molecule has 7 heteroatoms. The van der Waals surface area contributed by atoms with Gasteiger partial charge in [0.15, 0.2) is 5.78 Å². The summed E-state index contributed by atoms with van der Waals surface area (Å²) < 4.78 is 20.0. The standard InChI is InChI=1S/C25H26FN3O3/c1-5-24(31)29(3)21-11-9-19(16(2)25(21)26)18-8-10-20(27-15-18)22(30)12-6-17-7-13-23(32-4)28-14-17/h7-11,13-15H,5-6,12H2,1-4H3. The van der Waals surface area contributed by atoms with Gasteiger partial charge in [-0.25, -0.2) is 9.37 Å². The number of benzene rings is 1. The van der Waals surface area contributed by atoms with Crippen LogP contribution in [0, 0.1) is 12.7 Å². The van der Waals surface area contributed by atoms with Crippen molar-refractivity contribution in [3.8, 4) is 17.0 Å². The smallest absolute Gasteiger partial charge is 0.226 e. The number of nitrogens with zero attached hydrogens (tertiary/aromatic N) is 3. The van der Waals surface area contributed by atoms with Crippen molar-refractivity contribution in [1.82, 2.24) is 9.97 Å². The number of ketones is 1. The number of rotatable bonds is 8. The first kappa shape index (κ1) is 23.1. The van der Waals surface area contributed by atoms with Crippen molar-refractivity contribution < 1.29 is 18.7 Å². The normalized spacial score (nSPS) is 10.7. The molecule has 0 unspecified atom stereocenters. The summed E-state index contributed by atoms with van der Waals surface area (Å²) in [5, 5.41) is 0. The zero-order chi connectivity index (χ0) is 23.3. The van der Waals surface area contributed by atoms with Crippen molar-refractivity contribution >= 4 is 17.4 Å². The Morgan fingerprint density at radius 1 is 1.06 bits per heavy atom. The van der Waals surface area contributed by atoms with E-state index in [1.54, 1.807) is 70.7 Å². The maximum atomic E-state index is 14.9. The molecule has 0 atom stereocenters. The predicted molar refractivity (Wildman–Crippen MR) is 122 cm³/mol. The summed E-state index contributed by atoms with van der Waals surface area (Å²) in [6.45, 7) is 3.40. The van der Waals surface area contributed by atoms with Gasteiger partial charge < -0.3 is 9.64 Å². The molecule has 166 valence electrons. The van der Waals surface area contributed by atoms with Gasteiger partial charge in [0.25, 0.3) is 0 Å². The molecule has 0 radical (unpaired) electrons. The zero-order valence-corrected chi connectivity index (χ0v) is 18.7.